The fourth-order valence-corrected chi connectivity index (χ4v) is 3.64. The van der Waals surface area contributed by atoms with Crippen LogP contribution in [0, 0.1) is 17.2 Å². The minimum absolute atomic E-state index is 0.183. The van der Waals surface area contributed by atoms with E-state index in [4.69, 9.17) is 5.26 Å². The molecule has 1 aromatic rings. The highest BCUT2D eigenvalue weighted by atomic mass is 32.2. The molecule has 5 heteroatoms. The van der Waals surface area contributed by atoms with Crippen LogP contribution in [-0.4, -0.2) is 26.8 Å². The van der Waals surface area contributed by atoms with E-state index in [1.54, 1.807) is 20.2 Å². The number of rotatable bonds is 5. The summed E-state index contributed by atoms with van der Waals surface area (Å²) in [6.45, 7) is 10.3. The number of nitrogens with zero attached hydrogens (tertiary/aromatic N) is 2. The average molecular weight is 337 g/mol. The van der Waals surface area contributed by atoms with Crippen molar-refractivity contribution in [3.05, 3.63) is 28.8 Å². The Morgan fingerprint density at radius 3 is 2.17 bits per heavy atom. The second kappa shape index (κ2) is 7.02. The number of benzene rings is 1. The smallest absolute Gasteiger partial charge is 0.207 e. The first-order valence-corrected chi connectivity index (χ1v) is 9.31. The summed E-state index contributed by atoms with van der Waals surface area (Å²) in [7, 11) is -0.465. The summed E-state index contributed by atoms with van der Waals surface area (Å²) in [6.07, 6.45) is 0.867. The van der Waals surface area contributed by atoms with Gasteiger partial charge in [-0.2, -0.15) is 5.26 Å². The highest BCUT2D eigenvalue weighted by molar-refractivity contribution is 7.89. The quantitative estimate of drug-likeness (QED) is 0.827. The van der Waals surface area contributed by atoms with Gasteiger partial charge in [0.05, 0.1) is 17.4 Å². The van der Waals surface area contributed by atoms with Crippen LogP contribution in [0.15, 0.2) is 17.0 Å². The van der Waals surface area contributed by atoms with Crippen LogP contribution in [0.2, 0.25) is 0 Å². The number of sulfonamides is 1. The van der Waals surface area contributed by atoms with Crippen molar-refractivity contribution >= 4 is 10.0 Å². The molecule has 128 valence electrons. The van der Waals surface area contributed by atoms with Gasteiger partial charge < -0.3 is 0 Å². The lowest BCUT2D eigenvalue weighted by Crippen LogP contribution is -2.25. The molecule has 1 aromatic carbocycles. The van der Waals surface area contributed by atoms with Crippen molar-refractivity contribution in [2.24, 2.45) is 5.92 Å². The number of hydrogen-bond acceptors (Lipinski definition) is 3. The van der Waals surface area contributed by atoms with Crippen molar-refractivity contribution in [3.8, 4) is 6.07 Å². The van der Waals surface area contributed by atoms with E-state index < -0.39 is 10.0 Å². The van der Waals surface area contributed by atoms with Gasteiger partial charge in [0.15, 0.2) is 0 Å². The Labute approximate surface area is 141 Å². The van der Waals surface area contributed by atoms with E-state index in [2.05, 4.69) is 19.9 Å². The molecule has 0 saturated heterocycles. The molecule has 0 heterocycles. The molecule has 0 unspecified atom stereocenters. The van der Waals surface area contributed by atoms with Crippen LogP contribution in [0.25, 0.3) is 0 Å². The fraction of sp³-hybridized carbons (Fsp3) is 0.611. The van der Waals surface area contributed by atoms with Crippen LogP contribution in [-0.2, 0) is 28.3 Å². The van der Waals surface area contributed by atoms with Gasteiger partial charge in [-0.1, -0.05) is 40.7 Å². The number of hydrogen-bond donors (Lipinski definition) is 0. The number of nitriles is 1. The first-order valence-electron chi connectivity index (χ1n) is 7.87. The predicted molar refractivity (Wildman–Crippen MR) is 93.9 cm³/mol. The third-order valence-electron chi connectivity index (χ3n) is 3.81. The van der Waals surface area contributed by atoms with Gasteiger partial charge in [-0.05, 0) is 40.5 Å². The van der Waals surface area contributed by atoms with E-state index in [-0.39, 0.29) is 11.8 Å². The maximum Gasteiger partial charge on any atom is 0.242 e. The monoisotopic (exact) mass is 336 g/mol. The fourth-order valence-electron chi connectivity index (χ4n) is 2.45. The van der Waals surface area contributed by atoms with Crippen LogP contribution in [0.3, 0.4) is 0 Å². The molecule has 4 nitrogen and oxygen atoms in total. The Bertz CT molecular complexity index is 706. The van der Waals surface area contributed by atoms with Gasteiger partial charge in [0.2, 0.25) is 10.0 Å². The lowest BCUT2D eigenvalue weighted by atomic mass is 9.83. The average Bonchev–Trinajstić information content (AvgIpc) is 2.38. The zero-order valence-corrected chi connectivity index (χ0v) is 16.1. The summed E-state index contributed by atoms with van der Waals surface area (Å²) >= 11 is 0. The van der Waals surface area contributed by atoms with Crippen LogP contribution < -0.4 is 0 Å². The minimum Gasteiger partial charge on any atom is -0.207 e. The first kappa shape index (κ1) is 19.7. The van der Waals surface area contributed by atoms with Crippen LogP contribution in [0.4, 0.5) is 0 Å². The molecule has 0 atom stereocenters. The Balaban J connectivity index is 3.80. The van der Waals surface area contributed by atoms with E-state index >= 15 is 0 Å². The largest absolute Gasteiger partial charge is 0.242 e. The van der Waals surface area contributed by atoms with Gasteiger partial charge >= 0.3 is 0 Å². The van der Waals surface area contributed by atoms with Crippen molar-refractivity contribution in [2.75, 3.05) is 14.1 Å². The summed E-state index contributed by atoms with van der Waals surface area (Å²) in [5.74, 6) is 0.309. The Morgan fingerprint density at radius 1 is 1.22 bits per heavy atom. The van der Waals surface area contributed by atoms with Gasteiger partial charge in [0, 0.05) is 14.1 Å². The Kier molecular flexibility index (Phi) is 6.00. The first-order chi connectivity index (χ1) is 10.4. The topological polar surface area (TPSA) is 61.2 Å². The lowest BCUT2D eigenvalue weighted by Gasteiger charge is -2.25. The minimum atomic E-state index is -3.55. The van der Waals surface area contributed by atoms with Gasteiger partial charge in [0.25, 0.3) is 0 Å². The standard InChI is InChI=1S/C18H28N2O2S/c1-13(2)10-16-14(8-9-19)11-15(18(3,4)5)12-17(16)23(21,22)20(6)7/h11-13H,8,10H2,1-7H3. The second-order valence-electron chi connectivity index (χ2n) is 7.58. The molecule has 0 aliphatic carbocycles. The van der Waals surface area contributed by atoms with Gasteiger partial charge in [0.1, 0.15) is 0 Å². The van der Waals surface area contributed by atoms with Crippen LogP contribution >= 0.6 is 0 Å². The molecule has 1 rings (SSSR count). The highest BCUT2D eigenvalue weighted by Gasteiger charge is 2.27. The molecule has 23 heavy (non-hydrogen) atoms. The molecule has 0 amide bonds. The molecule has 0 aliphatic rings. The molecule has 0 N–H and O–H groups in total. The Hall–Kier alpha value is -1.38. The van der Waals surface area contributed by atoms with E-state index in [1.807, 2.05) is 26.8 Å². The molecule has 0 spiro atoms. The third kappa shape index (κ3) is 4.55. The summed E-state index contributed by atoms with van der Waals surface area (Å²) in [5.41, 5.74) is 2.37. The SMILES string of the molecule is CC(C)Cc1c(CC#N)cc(C(C)(C)C)cc1S(=O)(=O)N(C)C. The predicted octanol–water partition coefficient (Wildman–Crippen LogP) is 3.50. The van der Waals surface area contributed by atoms with E-state index in [1.165, 1.54) is 4.31 Å². The molecule has 0 saturated carbocycles. The highest BCUT2D eigenvalue weighted by Crippen LogP contribution is 2.32. The van der Waals surface area contributed by atoms with E-state index in [9.17, 15) is 8.42 Å². The maximum absolute atomic E-state index is 12.8. The van der Waals surface area contributed by atoms with Crippen LogP contribution in [0.1, 0.15) is 51.3 Å². The molecular formula is C18H28N2O2S. The van der Waals surface area contributed by atoms with Crippen molar-refractivity contribution in [3.63, 3.8) is 0 Å². The molecule has 0 aliphatic heterocycles. The third-order valence-corrected chi connectivity index (χ3v) is 5.69. The maximum atomic E-state index is 12.8. The zero-order chi connectivity index (χ0) is 18.0. The molecule has 0 radical (unpaired) electrons. The summed E-state index contributed by atoms with van der Waals surface area (Å²) in [5, 5.41) is 9.16. The van der Waals surface area contributed by atoms with Gasteiger partial charge in [-0.15, -0.1) is 0 Å². The molecule has 0 fully saturated rings. The molecule has 0 aromatic heterocycles. The molecule has 0 bridgehead atoms. The van der Waals surface area contributed by atoms with Gasteiger partial charge in [-0.3, -0.25) is 0 Å². The Morgan fingerprint density at radius 2 is 1.78 bits per heavy atom. The zero-order valence-electron chi connectivity index (χ0n) is 15.3. The van der Waals surface area contributed by atoms with Crippen molar-refractivity contribution in [2.45, 2.75) is 57.8 Å². The summed E-state index contributed by atoms with van der Waals surface area (Å²) < 4.78 is 26.9. The van der Waals surface area contributed by atoms with E-state index in [0.717, 1.165) is 16.7 Å². The van der Waals surface area contributed by atoms with Crippen molar-refractivity contribution < 1.29 is 8.42 Å². The second-order valence-corrected chi connectivity index (χ2v) is 9.70. The van der Waals surface area contributed by atoms with E-state index in [0.29, 0.717) is 17.2 Å². The molecular weight excluding hydrogens is 308 g/mol. The van der Waals surface area contributed by atoms with Gasteiger partial charge in [-0.25, -0.2) is 12.7 Å². The summed E-state index contributed by atoms with van der Waals surface area (Å²) in [4.78, 5) is 0.342. The van der Waals surface area contributed by atoms with Crippen molar-refractivity contribution in [1.82, 2.24) is 4.31 Å². The lowest BCUT2D eigenvalue weighted by molar-refractivity contribution is 0.516. The van der Waals surface area contributed by atoms with Crippen LogP contribution in [0.5, 0.6) is 0 Å². The van der Waals surface area contributed by atoms with Crippen molar-refractivity contribution in [1.29, 1.82) is 5.26 Å². The normalized spacial score (nSPS) is 12.7. The summed E-state index contributed by atoms with van der Waals surface area (Å²) in [6, 6.07) is 5.96.